The summed E-state index contributed by atoms with van der Waals surface area (Å²) in [6, 6.07) is 4.71. The topological polar surface area (TPSA) is 84.2 Å². The number of benzene rings is 1. The van der Waals surface area contributed by atoms with Crippen LogP contribution in [0, 0.1) is 6.92 Å². The molecule has 0 fully saturated rings. The Balaban J connectivity index is 2.86. The van der Waals surface area contributed by atoms with E-state index in [4.69, 9.17) is 5.73 Å². The maximum atomic E-state index is 11.9. The minimum Gasteiger partial charge on any atom is -0.352 e. The molecule has 0 aliphatic heterocycles. The van der Waals surface area contributed by atoms with Crippen LogP contribution in [0.2, 0.25) is 0 Å². The predicted octanol–water partition coefficient (Wildman–Crippen LogP) is 1.81. The van der Waals surface area contributed by atoms with Gasteiger partial charge in [-0.3, -0.25) is 9.59 Å². The second kappa shape index (κ2) is 7.65. The van der Waals surface area contributed by atoms with Crippen molar-refractivity contribution in [2.45, 2.75) is 39.7 Å². The van der Waals surface area contributed by atoms with Gasteiger partial charge in [0, 0.05) is 17.8 Å². The predicted molar refractivity (Wildman–Crippen MR) is 80.7 cm³/mol. The van der Waals surface area contributed by atoms with Crippen LogP contribution in [-0.4, -0.2) is 24.4 Å². The highest BCUT2D eigenvalue weighted by Crippen LogP contribution is 2.17. The van der Waals surface area contributed by atoms with Gasteiger partial charge in [0.2, 0.25) is 5.91 Å². The molecule has 0 radical (unpaired) electrons. The van der Waals surface area contributed by atoms with Crippen LogP contribution in [0.5, 0.6) is 0 Å². The van der Waals surface area contributed by atoms with Gasteiger partial charge >= 0.3 is 0 Å². The molecule has 0 aromatic heterocycles. The first kappa shape index (κ1) is 16.2. The molecule has 0 aliphatic carbocycles. The highest BCUT2D eigenvalue weighted by Gasteiger charge is 2.14. The molecule has 0 saturated heterocycles. The first-order valence-electron chi connectivity index (χ1n) is 6.94. The molecule has 4 N–H and O–H groups in total. The Labute approximate surface area is 119 Å². The number of aryl methyl sites for hydroxylation is 1. The van der Waals surface area contributed by atoms with Crippen molar-refractivity contribution in [2.24, 2.45) is 5.73 Å². The fourth-order valence-electron chi connectivity index (χ4n) is 1.83. The van der Waals surface area contributed by atoms with Crippen LogP contribution in [0.1, 0.15) is 42.6 Å². The zero-order chi connectivity index (χ0) is 15.1. The molecule has 2 amide bonds. The number of amides is 2. The zero-order valence-electron chi connectivity index (χ0n) is 12.3. The van der Waals surface area contributed by atoms with Crippen molar-refractivity contribution in [3.63, 3.8) is 0 Å². The quantitative estimate of drug-likeness (QED) is 0.741. The first-order chi connectivity index (χ1) is 9.49. The molecule has 1 aromatic rings. The third-order valence-corrected chi connectivity index (χ3v) is 3.03. The van der Waals surface area contributed by atoms with E-state index in [1.54, 1.807) is 12.1 Å². The van der Waals surface area contributed by atoms with Gasteiger partial charge in [0.05, 0.1) is 6.04 Å². The van der Waals surface area contributed by atoms with Gasteiger partial charge in [-0.25, -0.2) is 0 Å². The van der Waals surface area contributed by atoms with Crippen LogP contribution >= 0.6 is 0 Å². The van der Waals surface area contributed by atoms with Gasteiger partial charge in [0.15, 0.2) is 0 Å². The summed E-state index contributed by atoms with van der Waals surface area (Å²) in [5, 5.41) is 5.52. The number of hydrogen-bond donors (Lipinski definition) is 3. The third-order valence-electron chi connectivity index (χ3n) is 3.03. The van der Waals surface area contributed by atoms with Gasteiger partial charge in [-0.15, -0.1) is 0 Å². The molecule has 1 rings (SSSR count). The van der Waals surface area contributed by atoms with Crippen molar-refractivity contribution < 1.29 is 9.59 Å². The maximum absolute atomic E-state index is 11.9. The molecule has 5 nitrogen and oxygen atoms in total. The summed E-state index contributed by atoms with van der Waals surface area (Å²) in [5.74, 6) is -0.371. The number of anilines is 1. The normalized spacial score (nSPS) is 11.8. The molecule has 1 atom stereocenters. The Kier molecular flexibility index (Phi) is 6.18. The van der Waals surface area contributed by atoms with Gasteiger partial charge in [-0.05, 0) is 38.0 Å². The number of nitrogens with two attached hydrogens (primary N) is 1. The van der Waals surface area contributed by atoms with Crippen LogP contribution in [-0.2, 0) is 4.79 Å². The average Bonchev–Trinajstić information content (AvgIpc) is 2.41. The molecule has 0 unspecified atom stereocenters. The molecule has 110 valence electrons. The minimum atomic E-state index is -0.521. The van der Waals surface area contributed by atoms with Gasteiger partial charge in [0.25, 0.3) is 5.91 Å². The fraction of sp³-hybridized carbons (Fsp3) is 0.467. The van der Waals surface area contributed by atoms with Crippen LogP contribution in [0.15, 0.2) is 18.2 Å². The maximum Gasteiger partial charge on any atom is 0.251 e. The van der Waals surface area contributed by atoms with Gasteiger partial charge in [-0.2, -0.15) is 0 Å². The SMILES string of the molecule is CCC[C@H](N)C(=O)Nc1cc(C(=O)NCC)ccc1C. The van der Waals surface area contributed by atoms with E-state index in [0.717, 1.165) is 12.0 Å². The van der Waals surface area contributed by atoms with Gasteiger partial charge < -0.3 is 16.4 Å². The fourth-order valence-corrected chi connectivity index (χ4v) is 1.83. The second-order valence-electron chi connectivity index (χ2n) is 4.77. The van der Waals surface area contributed by atoms with Crippen LogP contribution in [0.4, 0.5) is 5.69 Å². The number of hydrogen-bond acceptors (Lipinski definition) is 3. The van der Waals surface area contributed by atoms with Crippen LogP contribution in [0.25, 0.3) is 0 Å². The summed E-state index contributed by atoms with van der Waals surface area (Å²) in [5.41, 5.74) is 7.83. The third kappa shape index (κ3) is 4.35. The molecule has 0 spiro atoms. The molecule has 0 aliphatic rings. The first-order valence-corrected chi connectivity index (χ1v) is 6.94. The molecule has 0 heterocycles. The van der Waals surface area contributed by atoms with Crippen molar-refractivity contribution in [1.29, 1.82) is 0 Å². The Bertz CT molecular complexity index is 486. The Morgan fingerprint density at radius 1 is 1.30 bits per heavy atom. The number of nitrogens with one attached hydrogen (secondary N) is 2. The van der Waals surface area contributed by atoms with E-state index in [2.05, 4.69) is 10.6 Å². The number of carbonyl (C=O) groups excluding carboxylic acids is 2. The zero-order valence-corrected chi connectivity index (χ0v) is 12.3. The lowest BCUT2D eigenvalue weighted by Gasteiger charge is -2.14. The number of carbonyl (C=O) groups is 2. The average molecular weight is 277 g/mol. The van der Waals surface area contributed by atoms with Crippen molar-refractivity contribution in [3.8, 4) is 0 Å². The Hall–Kier alpha value is -1.88. The van der Waals surface area contributed by atoms with Crippen molar-refractivity contribution in [2.75, 3.05) is 11.9 Å². The number of rotatable bonds is 6. The molecular weight excluding hydrogens is 254 g/mol. The molecule has 1 aromatic carbocycles. The van der Waals surface area contributed by atoms with E-state index in [1.807, 2.05) is 26.8 Å². The van der Waals surface area contributed by atoms with Crippen LogP contribution in [0.3, 0.4) is 0 Å². The molecule has 0 saturated carbocycles. The molecule has 5 heteroatoms. The summed E-state index contributed by atoms with van der Waals surface area (Å²) in [4.78, 5) is 23.7. The van der Waals surface area contributed by atoms with E-state index in [1.165, 1.54) is 0 Å². The van der Waals surface area contributed by atoms with Crippen molar-refractivity contribution in [1.82, 2.24) is 5.32 Å². The Morgan fingerprint density at radius 3 is 2.60 bits per heavy atom. The largest absolute Gasteiger partial charge is 0.352 e. The monoisotopic (exact) mass is 277 g/mol. The minimum absolute atomic E-state index is 0.152. The second-order valence-corrected chi connectivity index (χ2v) is 4.77. The lowest BCUT2D eigenvalue weighted by Crippen LogP contribution is -2.35. The van der Waals surface area contributed by atoms with E-state index < -0.39 is 6.04 Å². The van der Waals surface area contributed by atoms with Crippen molar-refractivity contribution >= 4 is 17.5 Å². The summed E-state index contributed by atoms with van der Waals surface area (Å²) in [7, 11) is 0. The Morgan fingerprint density at radius 2 is 2.00 bits per heavy atom. The summed E-state index contributed by atoms with van der Waals surface area (Å²) in [6.07, 6.45) is 1.49. The van der Waals surface area contributed by atoms with E-state index in [0.29, 0.717) is 24.2 Å². The van der Waals surface area contributed by atoms with Crippen molar-refractivity contribution in [3.05, 3.63) is 29.3 Å². The van der Waals surface area contributed by atoms with Gasteiger partial charge in [-0.1, -0.05) is 19.4 Å². The lowest BCUT2D eigenvalue weighted by atomic mass is 10.1. The highest BCUT2D eigenvalue weighted by molar-refractivity contribution is 5.99. The van der Waals surface area contributed by atoms with E-state index in [-0.39, 0.29) is 11.8 Å². The highest BCUT2D eigenvalue weighted by atomic mass is 16.2. The summed E-state index contributed by atoms with van der Waals surface area (Å²) in [6.45, 7) is 6.28. The molecule has 0 bridgehead atoms. The smallest absolute Gasteiger partial charge is 0.251 e. The lowest BCUT2D eigenvalue weighted by molar-refractivity contribution is -0.117. The van der Waals surface area contributed by atoms with E-state index >= 15 is 0 Å². The van der Waals surface area contributed by atoms with Gasteiger partial charge in [0.1, 0.15) is 0 Å². The standard InChI is InChI=1S/C15H23N3O2/c1-4-6-12(16)15(20)18-13-9-11(8-7-10(13)3)14(19)17-5-2/h7-9,12H,4-6,16H2,1-3H3,(H,17,19)(H,18,20)/t12-/m0/s1. The van der Waals surface area contributed by atoms with Crippen LogP contribution < -0.4 is 16.4 Å². The molecular formula is C15H23N3O2. The summed E-state index contributed by atoms with van der Waals surface area (Å²) >= 11 is 0. The summed E-state index contributed by atoms with van der Waals surface area (Å²) < 4.78 is 0. The molecule has 20 heavy (non-hydrogen) atoms. The van der Waals surface area contributed by atoms with E-state index in [9.17, 15) is 9.59 Å².